The van der Waals surface area contributed by atoms with Crippen molar-refractivity contribution in [2.45, 2.75) is 11.1 Å². The molecule has 4 nitrogen and oxygen atoms in total. The summed E-state index contributed by atoms with van der Waals surface area (Å²) in [5.41, 5.74) is -1.65. The van der Waals surface area contributed by atoms with Gasteiger partial charge in [-0.1, -0.05) is 6.07 Å². The molecule has 3 N–H and O–H groups in total. The van der Waals surface area contributed by atoms with Gasteiger partial charge < -0.3 is 5.11 Å². The lowest BCUT2D eigenvalue weighted by molar-refractivity contribution is -0.141. The molecule has 0 aliphatic heterocycles. The third-order valence-electron chi connectivity index (χ3n) is 1.59. The molecule has 84 valence electrons. The molecular weight excluding hydrogens is 235 g/mol. The van der Waals surface area contributed by atoms with Crippen LogP contribution in [-0.4, -0.2) is 13.5 Å². The second-order valence-electron chi connectivity index (χ2n) is 2.69. The number of rotatable bonds is 1. The van der Waals surface area contributed by atoms with Crippen LogP contribution in [0.5, 0.6) is 5.75 Å². The van der Waals surface area contributed by atoms with E-state index in [4.69, 9.17) is 5.11 Å². The van der Waals surface area contributed by atoms with Crippen molar-refractivity contribution in [1.29, 1.82) is 0 Å². The van der Waals surface area contributed by atoms with Crippen LogP contribution in [0.15, 0.2) is 23.1 Å². The molecule has 0 aromatic heterocycles. The van der Waals surface area contributed by atoms with E-state index in [1.165, 1.54) is 0 Å². The number of hydrogen-bond acceptors (Lipinski definition) is 3. The lowest BCUT2D eigenvalue weighted by Crippen LogP contribution is -2.19. The topological polar surface area (TPSA) is 80.4 Å². The van der Waals surface area contributed by atoms with E-state index in [1.54, 1.807) is 0 Å². The van der Waals surface area contributed by atoms with Crippen LogP contribution in [0.4, 0.5) is 13.2 Å². The predicted octanol–water partition coefficient (Wildman–Crippen LogP) is 1.06. The summed E-state index contributed by atoms with van der Waals surface area (Å²) in [5.74, 6) is -1.17. The fourth-order valence-corrected chi connectivity index (χ4v) is 1.81. The number of sulfonamides is 1. The Bertz CT molecular complexity index is 481. The lowest BCUT2D eigenvalue weighted by atomic mass is 10.2. The number of primary sulfonamides is 1. The van der Waals surface area contributed by atoms with Gasteiger partial charge >= 0.3 is 6.18 Å². The highest BCUT2D eigenvalue weighted by Crippen LogP contribution is 2.39. The third kappa shape index (κ3) is 2.39. The van der Waals surface area contributed by atoms with Crippen molar-refractivity contribution >= 4 is 10.0 Å². The van der Waals surface area contributed by atoms with E-state index >= 15 is 0 Å². The number of nitrogens with two attached hydrogens (primary N) is 1. The summed E-state index contributed by atoms with van der Waals surface area (Å²) >= 11 is 0. The zero-order chi connectivity index (χ0) is 11.9. The largest absolute Gasteiger partial charge is 0.507 e. The average molecular weight is 241 g/mol. The van der Waals surface area contributed by atoms with E-state index in [0.29, 0.717) is 6.07 Å². The van der Waals surface area contributed by atoms with Gasteiger partial charge in [-0.05, 0) is 12.1 Å². The lowest BCUT2D eigenvalue weighted by Gasteiger charge is -2.12. The molecule has 8 heteroatoms. The number of alkyl halides is 3. The summed E-state index contributed by atoms with van der Waals surface area (Å²) in [7, 11) is -4.52. The first kappa shape index (κ1) is 11.8. The smallest absolute Gasteiger partial charge is 0.421 e. The highest BCUT2D eigenvalue weighted by atomic mass is 32.2. The number of benzene rings is 1. The molecule has 1 rings (SSSR count). The quantitative estimate of drug-likeness (QED) is 0.771. The van der Waals surface area contributed by atoms with Crippen molar-refractivity contribution in [3.63, 3.8) is 0 Å². The van der Waals surface area contributed by atoms with Crippen LogP contribution in [0.25, 0.3) is 0 Å². The second-order valence-corrected chi connectivity index (χ2v) is 4.22. The molecular formula is C7H6F3NO3S. The molecule has 1 aromatic rings. The van der Waals surface area contributed by atoms with Gasteiger partial charge in [-0.2, -0.15) is 13.2 Å². The number of phenols is 1. The van der Waals surface area contributed by atoms with Gasteiger partial charge in [0.05, 0.1) is 4.90 Å². The SMILES string of the molecule is NS(=O)(=O)c1cccc(O)c1C(F)(F)F. The van der Waals surface area contributed by atoms with Crippen molar-refractivity contribution in [1.82, 2.24) is 0 Å². The molecule has 0 saturated carbocycles. The fraction of sp³-hybridized carbons (Fsp3) is 0.143. The first-order valence-electron chi connectivity index (χ1n) is 3.56. The summed E-state index contributed by atoms with van der Waals surface area (Å²) in [4.78, 5) is -1.14. The normalized spacial score (nSPS) is 12.8. The summed E-state index contributed by atoms with van der Waals surface area (Å²) in [5, 5.41) is 13.5. The zero-order valence-corrected chi connectivity index (χ0v) is 7.93. The number of hydrogen-bond donors (Lipinski definition) is 2. The van der Waals surface area contributed by atoms with Gasteiger partial charge in [0, 0.05) is 0 Å². The Morgan fingerprint density at radius 2 is 1.80 bits per heavy atom. The minimum Gasteiger partial charge on any atom is -0.507 e. The number of phenolic OH excluding ortho intramolecular Hbond substituents is 1. The first-order chi connectivity index (χ1) is 6.64. The van der Waals surface area contributed by atoms with E-state index < -0.39 is 32.4 Å². The van der Waals surface area contributed by atoms with Gasteiger partial charge in [-0.15, -0.1) is 0 Å². The maximum absolute atomic E-state index is 12.4. The molecule has 1 aromatic carbocycles. The molecule has 15 heavy (non-hydrogen) atoms. The molecule has 0 spiro atoms. The molecule has 0 fully saturated rings. The summed E-state index contributed by atoms with van der Waals surface area (Å²) in [6.07, 6.45) is -4.98. The van der Waals surface area contributed by atoms with Crippen LogP contribution in [0, 0.1) is 0 Å². The molecule has 0 atom stereocenters. The van der Waals surface area contributed by atoms with Gasteiger partial charge in [0.2, 0.25) is 10.0 Å². The molecule has 0 aliphatic carbocycles. The minimum atomic E-state index is -4.98. The number of aromatic hydroxyl groups is 1. The summed E-state index contributed by atoms with van der Waals surface area (Å²) < 4.78 is 58.7. The Labute approximate surface area is 83.2 Å². The summed E-state index contributed by atoms with van der Waals surface area (Å²) in [6.45, 7) is 0. The monoisotopic (exact) mass is 241 g/mol. The van der Waals surface area contributed by atoms with Gasteiger partial charge in [-0.25, -0.2) is 13.6 Å². The van der Waals surface area contributed by atoms with Crippen molar-refractivity contribution in [3.05, 3.63) is 23.8 Å². The van der Waals surface area contributed by atoms with E-state index in [1.807, 2.05) is 0 Å². The average Bonchev–Trinajstić information content (AvgIpc) is 1.99. The highest BCUT2D eigenvalue weighted by molar-refractivity contribution is 7.89. The third-order valence-corrected chi connectivity index (χ3v) is 2.55. The van der Waals surface area contributed by atoms with E-state index in [2.05, 4.69) is 5.14 Å². The molecule has 0 saturated heterocycles. The van der Waals surface area contributed by atoms with E-state index in [9.17, 15) is 21.6 Å². The molecule has 0 unspecified atom stereocenters. The minimum absolute atomic E-state index is 0.678. The van der Waals surface area contributed by atoms with Crippen molar-refractivity contribution in [2.75, 3.05) is 0 Å². The van der Waals surface area contributed by atoms with E-state index in [-0.39, 0.29) is 0 Å². The molecule has 0 radical (unpaired) electrons. The summed E-state index contributed by atoms with van der Waals surface area (Å²) in [6, 6.07) is 2.37. The zero-order valence-electron chi connectivity index (χ0n) is 7.12. The predicted molar refractivity (Wildman–Crippen MR) is 44.5 cm³/mol. The molecule has 0 amide bonds. The highest BCUT2D eigenvalue weighted by Gasteiger charge is 2.39. The Morgan fingerprint density at radius 3 is 2.13 bits per heavy atom. The molecule has 0 aliphatic rings. The second kappa shape index (κ2) is 3.38. The first-order valence-corrected chi connectivity index (χ1v) is 5.10. The van der Waals surface area contributed by atoms with Gasteiger partial charge in [0.25, 0.3) is 0 Å². The Kier molecular flexibility index (Phi) is 2.66. The maximum Gasteiger partial charge on any atom is 0.421 e. The van der Waals surface area contributed by atoms with Crippen molar-refractivity contribution in [3.8, 4) is 5.75 Å². The fourth-order valence-electron chi connectivity index (χ4n) is 1.04. The molecule has 0 bridgehead atoms. The Morgan fingerprint density at radius 1 is 1.27 bits per heavy atom. The van der Waals surface area contributed by atoms with Crippen molar-refractivity contribution in [2.24, 2.45) is 5.14 Å². The van der Waals surface area contributed by atoms with Crippen LogP contribution in [0.2, 0.25) is 0 Å². The van der Waals surface area contributed by atoms with Crippen LogP contribution in [-0.2, 0) is 16.2 Å². The Balaban J connectivity index is 3.63. The van der Waals surface area contributed by atoms with Gasteiger partial charge in [0.15, 0.2) is 0 Å². The number of halogens is 3. The van der Waals surface area contributed by atoms with Gasteiger partial charge in [0.1, 0.15) is 11.3 Å². The van der Waals surface area contributed by atoms with Crippen LogP contribution in [0.1, 0.15) is 5.56 Å². The standard InChI is InChI=1S/C7H6F3NO3S/c8-7(9,10)6-4(12)2-1-3-5(6)15(11,13)14/h1-3,12H,(H2,11,13,14). The van der Waals surface area contributed by atoms with E-state index in [0.717, 1.165) is 12.1 Å². The molecule has 0 heterocycles. The van der Waals surface area contributed by atoms with Crippen LogP contribution >= 0.6 is 0 Å². The van der Waals surface area contributed by atoms with Crippen LogP contribution in [0.3, 0.4) is 0 Å². The maximum atomic E-state index is 12.4. The Hall–Kier alpha value is -1.28. The van der Waals surface area contributed by atoms with Crippen LogP contribution < -0.4 is 5.14 Å². The van der Waals surface area contributed by atoms with Crippen molar-refractivity contribution < 1.29 is 26.7 Å². The van der Waals surface area contributed by atoms with Gasteiger partial charge in [-0.3, -0.25) is 0 Å².